The van der Waals surface area contributed by atoms with Gasteiger partial charge in [-0.3, -0.25) is 4.79 Å². The number of carbonyl (C=O) groups excluding carboxylic acids is 1. The zero-order valence-electron chi connectivity index (χ0n) is 13.5. The van der Waals surface area contributed by atoms with Crippen molar-refractivity contribution >= 4 is 5.91 Å². The number of hydrogen-bond acceptors (Lipinski definition) is 2. The number of amides is 1. The van der Waals surface area contributed by atoms with E-state index < -0.39 is 0 Å². The fourth-order valence-electron chi connectivity index (χ4n) is 5.00. The average Bonchev–Trinajstić information content (AvgIpc) is 2.72. The van der Waals surface area contributed by atoms with Crippen LogP contribution in [0.1, 0.15) is 59.8 Å². The Bertz CT molecular complexity index is 406. The molecule has 1 saturated heterocycles. The molecule has 0 spiro atoms. The topological polar surface area (TPSA) is 41.1 Å². The van der Waals surface area contributed by atoms with Gasteiger partial charge >= 0.3 is 0 Å². The summed E-state index contributed by atoms with van der Waals surface area (Å²) in [7, 11) is 0. The van der Waals surface area contributed by atoms with Crippen LogP contribution in [0.25, 0.3) is 0 Å². The number of carbonyl (C=O) groups is 1. The van der Waals surface area contributed by atoms with Gasteiger partial charge in [-0.15, -0.1) is 0 Å². The first-order valence-corrected chi connectivity index (χ1v) is 8.38. The molecule has 3 fully saturated rings. The van der Waals surface area contributed by atoms with Crippen LogP contribution in [-0.4, -0.2) is 24.5 Å². The third kappa shape index (κ3) is 2.01. The highest BCUT2D eigenvalue weighted by Gasteiger charge is 2.61. The molecule has 2 N–H and O–H groups in total. The van der Waals surface area contributed by atoms with Gasteiger partial charge in [0.05, 0.1) is 6.04 Å². The standard InChI is InChI=1S/C17H30N2O/c1-11-6-8-18-13(9-11)15(20)19-14-10-12-5-7-17(14,4)16(12,2)3/h11-14,18H,5-10H2,1-4H3,(H,19,20). The van der Waals surface area contributed by atoms with Crippen LogP contribution >= 0.6 is 0 Å². The minimum absolute atomic E-state index is 0.0320. The molecule has 5 atom stereocenters. The molecule has 114 valence electrons. The van der Waals surface area contributed by atoms with E-state index in [4.69, 9.17) is 0 Å². The fourth-order valence-corrected chi connectivity index (χ4v) is 5.00. The number of rotatable bonds is 2. The van der Waals surface area contributed by atoms with Gasteiger partial charge in [0.15, 0.2) is 0 Å². The lowest BCUT2D eigenvalue weighted by molar-refractivity contribution is -0.125. The third-order valence-electron chi connectivity index (χ3n) is 7.09. The van der Waals surface area contributed by atoms with E-state index in [-0.39, 0.29) is 17.4 Å². The lowest BCUT2D eigenvalue weighted by Crippen LogP contribution is -2.54. The Morgan fingerprint density at radius 3 is 2.50 bits per heavy atom. The summed E-state index contributed by atoms with van der Waals surface area (Å²) in [5.74, 6) is 1.70. The quantitative estimate of drug-likeness (QED) is 0.815. The lowest BCUT2D eigenvalue weighted by Gasteiger charge is -2.40. The van der Waals surface area contributed by atoms with Crippen LogP contribution in [0.15, 0.2) is 0 Å². The van der Waals surface area contributed by atoms with Crippen molar-refractivity contribution in [2.75, 3.05) is 6.54 Å². The highest BCUT2D eigenvalue weighted by Crippen LogP contribution is 2.65. The minimum atomic E-state index is 0.0320. The number of hydrogen-bond donors (Lipinski definition) is 2. The predicted octanol–water partition coefficient (Wildman–Crippen LogP) is 2.71. The molecule has 20 heavy (non-hydrogen) atoms. The second-order valence-corrected chi connectivity index (χ2v) is 8.31. The monoisotopic (exact) mass is 278 g/mol. The highest BCUT2D eigenvalue weighted by molar-refractivity contribution is 5.82. The Morgan fingerprint density at radius 2 is 1.95 bits per heavy atom. The van der Waals surface area contributed by atoms with E-state index in [1.807, 2.05) is 0 Å². The van der Waals surface area contributed by atoms with Gasteiger partial charge in [0.1, 0.15) is 0 Å². The third-order valence-corrected chi connectivity index (χ3v) is 7.09. The normalized spacial score (nSPS) is 46.4. The van der Waals surface area contributed by atoms with Crippen molar-refractivity contribution in [2.24, 2.45) is 22.7 Å². The molecule has 0 aromatic rings. The van der Waals surface area contributed by atoms with Crippen LogP contribution in [0.3, 0.4) is 0 Å². The second kappa shape index (κ2) is 4.72. The van der Waals surface area contributed by atoms with E-state index in [2.05, 4.69) is 38.3 Å². The largest absolute Gasteiger partial charge is 0.351 e. The number of nitrogens with one attached hydrogen (secondary N) is 2. The molecule has 2 saturated carbocycles. The summed E-state index contributed by atoms with van der Waals surface area (Å²) in [4.78, 5) is 12.6. The second-order valence-electron chi connectivity index (χ2n) is 8.31. The first-order chi connectivity index (χ1) is 9.34. The summed E-state index contributed by atoms with van der Waals surface area (Å²) in [5.41, 5.74) is 0.659. The molecule has 5 unspecified atom stereocenters. The molecule has 2 aliphatic carbocycles. The summed E-state index contributed by atoms with van der Waals surface area (Å²) in [5, 5.41) is 6.78. The molecule has 0 radical (unpaired) electrons. The predicted molar refractivity (Wildman–Crippen MR) is 81.3 cm³/mol. The molecule has 1 heterocycles. The molecule has 0 aromatic carbocycles. The van der Waals surface area contributed by atoms with Crippen LogP contribution in [-0.2, 0) is 4.79 Å². The zero-order chi connectivity index (χ0) is 14.5. The van der Waals surface area contributed by atoms with Crippen LogP contribution in [0.5, 0.6) is 0 Å². The summed E-state index contributed by atoms with van der Waals surface area (Å²) in [6, 6.07) is 0.410. The van der Waals surface area contributed by atoms with Crippen molar-refractivity contribution in [1.29, 1.82) is 0 Å². The summed E-state index contributed by atoms with van der Waals surface area (Å²) < 4.78 is 0. The van der Waals surface area contributed by atoms with Crippen molar-refractivity contribution in [3.05, 3.63) is 0 Å². The van der Waals surface area contributed by atoms with E-state index in [1.165, 1.54) is 25.7 Å². The van der Waals surface area contributed by atoms with Crippen LogP contribution in [0, 0.1) is 22.7 Å². The van der Waals surface area contributed by atoms with Crippen LogP contribution < -0.4 is 10.6 Å². The Morgan fingerprint density at radius 1 is 1.20 bits per heavy atom. The van der Waals surface area contributed by atoms with Gasteiger partial charge in [0.25, 0.3) is 0 Å². The van der Waals surface area contributed by atoms with E-state index >= 15 is 0 Å². The molecule has 3 heteroatoms. The molecule has 3 aliphatic rings. The van der Waals surface area contributed by atoms with E-state index in [0.29, 0.717) is 17.4 Å². The number of fused-ring (bicyclic) bond motifs is 2. The lowest BCUT2D eigenvalue weighted by atomic mass is 9.69. The SMILES string of the molecule is CC1CCNC(C(=O)NC2CC3CCC2(C)C3(C)C)C1. The molecular weight excluding hydrogens is 248 g/mol. The molecule has 0 aromatic heterocycles. The molecule has 3 nitrogen and oxygen atoms in total. The average molecular weight is 278 g/mol. The Hall–Kier alpha value is -0.570. The van der Waals surface area contributed by atoms with Crippen molar-refractivity contribution < 1.29 is 4.79 Å². The summed E-state index contributed by atoms with van der Waals surface area (Å²) in [6.45, 7) is 10.4. The van der Waals surface area contributed by atoms with E-state index in [9.17, 15) is 4.79 Å². The number of piperidine rings is 1. The molecule has 3 rings (SSSR count). The van der Waals surface area contributed by atoms with Gasteiger partial charge < -0.3 is 10.6 Å². The highest BCUT2D eigenvalue weighted by atomic mass is 16.2. The summed E-state index contributed by atoms with van der Waals surface area (Å²) >= 11 is 0. The van der Waals surface area contributed by atoms with E-state index in [0.717, 1.165) is 18.9 Å². The smallest absolute Gasteiger partial charge is 0.237 e. The molecular formula is C17H30N2O. The van der Waals surface area contributed by atoms with Gasteiger partial charge in [0, 0.05) is 6.04 Å². The molecule has 2 bridgehead atoms. The van der Waals surface area contributed by atoms with Crippen LogP contribution in [0.4, 0.5) is 0 Å². The molecule has 1 amide bonds. The zero-order valence-corrected chi connectivity index (χ0v) is 13.5. The maximum absolute atomic E-state index is 12.6. The summed E-state index contributed by atoms with van der Waals surface area (Å²) in [6.07, 6.45) is 5.97. The van der Waals surface area contributed by atoms with Crippen molar-refractivity contribution in [2.45, 2.75) is 71.9 Å². The first-order valence-electron chi connectivity index (χ1n) is 8.38. The Balaban J connectivity index is 1.66. The maximum Gasteiger partial charge on any atom is 0.237 e. The van der Waals surface area contributed by atoms with Crippen molar-refractivity contribution in [1.82, 2.24) is 10.6 Å². The fraction of sp³-hybridized carbons (Fsp3) is 0.941. The Kier molecular flexibility index (Phi) is 3.39. The van der Waals surface area contributed by atoms with Crippen LogP contribution in [0.2, 0.25) is 0 Å². The van der Waals surface area contributed by atoms with Gasteiger partial charge in [-0.2, -0.15) is 0 Å². The minimum Gasteiger partial charge on any atom is -0.351 e. The van der Waals surface area contributed by atoms with Gasteiger partial charge in [0.2, 0.25) is 5.91 Å². The first kappa shape index (κ1) is 14.4. The Labute approximate surface area is 123 Å². The maximum atomic E-state index is 12.6. The van der Waals surface area contributed by atoms with Gasteiger partial charge in [-0.05, 0) is 61.3 Å². The van der Waals surface area contributed by atoms with Gasteiger partial charge in [-0.25, -0.2) is 0 Å². The van der Waals surface area contributed by atoms with E-state index in [1.54, 1.807) is 0 Å². The molecule has 1 aliphatic heterocycles. The van der Waals surface area contributed by atoms with Crippen molar-refractivity contribution in [3.8, 4) is 0 Å². The van der Waals surface area contributed by atoms with Gasteiger partial charge in [-0.1, -0.05) is 27.7 Å². The van der Waals surface area contributed by atoms with Crippen molar-refractivity contribution in [3.63, 3.8) is 0 Å².